The van der Waals surface area contributed by atoms with E-state index in [-0.39, 0.29) is 10.7 Å². The fourth-order valence-corrected chi connectivity index (χ4v) is 3.02. The maximum atomic E-state index is 13.2. The SMILES string of the molecule is Cc1nccn1-c1cc(NS(=O)(=O)c2cccc(F)c2)ncn1. The first-order chi connectivity index (χ1) is 11.0. The lowest BCUT2D eigenvalue weighted by Crippen LogP contribution is -2.14. The molecule has 0 fully saturated rings. The van der Waals surface area contributed by atoms with E-state index in [1.807, 2.05) is 0 Å². The lowest BCUT2D eigenvalue weighted by molar-refractivity contribution is 0.595. The zero-order valence-corrected chi connectivity index (χ0v) is 12.8. The molecule has 0 radical (unpaired) electrons. The molecule has 1 N–H and O–H groups in total. The normalized spacial score (nSPS) is 11.4. The lowest BCUT2D eigenvalue weighted by atomic mass is 10.4. The van der Waals surface area contributed by atoms with Crippen LogP contribution in [0.3, 0.4) is 0 Å². The van der Waals surface area contributed by atoms with Gasteiger partial charge in [-0.1, -0.05) is 6.07 Å². The molecule has 0 aliphatic rings. The number of halogens is 1. The topological polar surface area (TPSA) is 89.8 Å². The van der Waals surface area contributed by atoms with E-state index in [4.69, 9.17) is 0 Å². The molecule has 9 heteroatoms. The Balaban J connectivity index is 1.93. The standard InChI is InChI=1S/C14H12FN5O2S/c1-10-16-5-6-20(10)14-8-13(17-9-18-14)19-23(21,22)12-4-2-3-11(15)7-12/h2-9H,1H3,(H,17,18,19). The number of aromatic nitrogens is 4. The van der Waals surface area contributed by atoms with Gasteiger partial charge in [-0.25, -0.2) is 27.8 Å². The van der Waals surface area contributed by atoms with E-state index in [0.29, 0.717) is 11.6 Å². The summed E-state index contributed by atoms with van der Waals surface area (Å²) in [7, 11) is -3.94. The minimum Gasteiger partial charge on any atom is -0.288 e. The molecule has 0 aliphatic heterocycles. The van der Waals surface area contributed by atoms with Crippen molar-refractivity contribution in [1.82, 2.24) is 19.5 Å². The summed E-state index contributed by atoms with van der Waals surface area (Å²) >= 11 is 0. The molecular weight excluding hydrogens is 321 g/mol. The van der Waals surface area contributed by atoms with E-state index >= 15 is 0 Å². The quantitative estimate of drug-likeness (QED) is 0.788. The minimum absolute atomic E-state index is 0.0763. The van der Waals surface area contributed by atoms with E-state index in [0.717, 1.165) is 6.07 Å². The van der Waals surface area contributed by atoms with Crippen molar-refractivity contribution in [2.75, 3.05) is 4.72 Å². The Morgan fingerprint density at radius 2 is 2.00 bits per heavy atom. The molecule has 0 bridgehead atoms. The number of nitrogens with zero attached hydrogens (tertiary/aromatic N) is 4. The van der Waals surface area contributed by atoms with Gasteiger partial charge in [-0.05, 0) is 25.1 Å². The van der Waals surface area contributed by atoms with Gasteiger partial charge in [-0.3, -0.25) is 9.29 Å². The van der Waals surface area contributed by atoms with Crippen molar-refractivity contribution in [3.05, 3.63) is 60.7 Å². The van der Waals surface area contributed by atoms with Crippen molar-refractivity contribution in [3.63, 3.8) is 0 Å². The van der Waals surface area contributed by atoms with Crippen molar-refractivity contribution in [2.45, 2.75) is 11.8 Å². The average Bonchev–Trinajstić information content (AvgIpc) is 2.93. The molecule has 0 amide bonds. The number of imidazole rings is 1. The second kappa shape index (κ2) is 5.76. The highest BCUT2D eigenvalue weighted by molar-refractivity contribution is 7.92. The summed E-state index contributed by atoms with van der Waals surface area (Å²) in [6, 6.07) is 6.19. The zero-order chi connectivity index (χ0) is 16.4. The van der Waals surface area contributed by atoms with E-state index < -0.39 is 15.8 Å². The molecule has 0 aliphatic carbocycles. The van der Waals surface area contributed by atoms with Crippen LogP contribution < -0.4 is 4.72 Å². The van der Waals surface area contributed by atoms with E-state index in [1.54, 1.807) is 23.9 Å². The van der Waals surface area contributed by atoms with Gasteiger partial charge in [0.15, 0.2) is 0 Å². The van der Waals surface area contributed by atoms with Gasteiger partial charge in [-0.2, -0.15) is 0 Å². The van der Waals surface area contributed by atoms with Crippen LogP contribution in [0.4, 0.5) is 10.2 Å². The second-order valence-electron chi connectivity index (χ2n) is 4.67. The third kappa shape index (κ3) is 3.19. The van der Waals surface area contributed by atoms with Crippen LogP contribution in [0.25, 0.3) is 5.82 Å². The Labute approximate surface area is 131 Å². The third-order valence-corrected chi connectivity index (χ3v) is 4.42. The number of hydrogen-bond donors (Lipinski definition) is 1. The predicted molar refractivity (Wildman–Crippen MR) is 81.1 cm³/mol. The molecule has 0 saturated carbocycles. The molecule has 1 aromatic carbocycles. The summed E-state index contributed by atoms with van der Waals surface area (Å²) in [5.74, 6) is 0.604. The first-order valence-corrected chi connectivity index (χ1v) is 8.05. The molecule has 2 aromatic heterocycles. The molecule has 7 nitrogen and oxygen atoms in total. The molecule has 0 saturated heterocycles. The largest absolute Gasteiger partial charge is 0.288 e. The maximum absolute atomic E-state index is 13.2. The number of anilines is 1. The maximum Gasteiger partial charge on any atom is 0.263 e. The Morgan fingerprint density at radius 3 is 2.70 bits per heavy atom. The average molecular weight is 333 g/mol. The van der Waals surface area contributed by atoms with Crippen LogP contribution in [0.2, 0.25) is 0 Å². The van der Waals surface area contributed by atoms with Crippen molar-refractivity contribution >= 4 is 15.8 Å². The van der Waals surface area contributed by atoms with Gasteiger partial charge in [0.05, 0.1) is 4.90 Å². The fourth-order valence-electron chi connectivity index (χ4n) is 1.99. The van der Waals surface area contributed by atoms with Gasteiger partial charge in [0, 0.05) is 18.5 Å². The zero-order valence-electron chi connectivity index (χ0n) is 12.0. The number of rotatable bonds is 4. The van der Waals surface area contributed by atoms with Crippen LogP contribution in [0.15, 0.2) is 53.9 Å². The highest BCUT2D eigenvalue weighted by Gasteiger charge is 2.16. The van der Waals surface area contributed by atoms with Crippen molar-refractivity contribution in [2.24, 2.45) is 0 Å². The van der Waals surface area contributed by atoms with Gasteiger partial charge >= 0.3 is 0 Å². The van der Waals surface area contributed by atoms with Crippen molar-refractivity contribution in [3.8, 4) is 5.82 Å². The Kier molecular flexibility index (Phi) is 3.78. The predicted octanol–water partition coefficient (Wildman–Crippen LogP) is 1.91. The number of sulfonamides is 1. The first-order valence-electron chi connectivity index (χ1n) is 6.56. The molecule has 0 spiro atoms. The molecular formula is C14H12FN5O2S. The summed E-state index contributed by atoms with van der Waals surface area (Å²) in [4.78, 5) is 11.9. The minimum atomic E-state index is -3.94. The Morgan fingerprint density at radius 1 is 1.17 bits per heavy atom. The van der Waals surface area contributed by atoms with Crippen LogP contribution in [0.1, 0.15) is 5.82 Å². The number of hydrogen-bond acceptors (Lipinski definition) is 5. The second-order valence-corrected chi connectivity index (χ2v) is 6.35. The highest BCUT2D eigenvalue weighted by atomic mass is 32.2. The highest BCUT2D eigenvalue weighted by Crippen LogP contribution is 2.17. The molecule has 3 aromatic rings. The lowest BCUT2D eigenvalue weighted by Gasteiger charge is -2.09. The number of aryl methyl sites for hydroxylation is 1. The number of benzene rings is 1. The summed E-state index contributed by atoms with van der Waals surface area (Å²) in [5, 5.41) is 0. The third-order valence-electron chi connectivity index (χ3n) is 3.07. The van der Waals surface area contributed by atoms with E-state index in [9.17, 15) is 12.8 Å². The van der Waals surface area contributed by atoms with E-state index in [2.05, 4.69) is 19.7 Å². The molecule has 118 valence electrons. The molecule has 0 unspecified atom stereocenters. The van der Waals surface area contributed by atoms with Gasteiger partial charge < -0.3 is 0 Å². The monoisotopic (exact) mass is 333 g/mol. The summed E-state index contributed by atoms with van der Waals surface area (Å²) in [6.07, 6.45) is 4.54. The summed E-state index contributed by atoms with van der Waals surface area (Å²) in [5.41, 5.74) is 0. The smallest absolute Gasteiger partial charge is 0.263 e. The molecule has 0 atom stereocenters. The van der Waals surface area contributed by atoms with Gasteiger partial charge in [0.25, 0.3) is 10.0 Å². The van der Waals surface area contributed by atoms with Crippen LogP contribution in [0.5, 0.6) is 0 Å². The van der Waals surface area contributed by atoms with Gasteiger partial charge in [0.2, 0.25) is 0 Å². The number of nitrogens with one attached hydrogen (secondary N) is 1. The Hall–Kier alpha value is -2.81. The van der Waals surface area contributed by atoms with Crippen molar-refractivity contribution in [1.29, 1.82) is 0 Å². The summed E-state index contributed by atoms with van der Waals surface area (Å²) < 4.78 is 41.7. The van der Waals surface area contributed by atoms with E-state index in [1.165, 1.54) is 30.6 Å². The first kappa shape index (κ1) is 15.1. The van der Waals surface area contributed by atoms with Gasteiger partial charge in [-0.15, -0.1) is 0 Å². The van der Waals surface area contributed by atoms with Crippen LogP contribution in [0, 0.1) is 12.7 Å². The fraction of sp³-hybridized carbons (Fsp3) is 0.0714. The molecule has 23 heavy (non-hydrogen) atoms. The Bertz CT molecular complexity index is 955. The molecule has 3 rings (SSSR count). The van der Waals surface area contributed by atoms with Gasteiger partial charge in [0.1, 0.15) is 29.6 Å². The van der Waals surface area contributed by atoms with Crippen molar-refractivity contribution < 1.29 is 12.8 Å². The van der Waals surface area contributed by atoms with Crippen LogP contribution in [-0.4, -0.2) is 27.9 Å². The van der Waals surface area contributed by atoms with Crippen LogP contribution >= 0.6 is 0 Å². The molecule has 2 heterocycles. The van der Waals surface area contributed by atoms with Crippen LogP contribution in [-0.2, 0) is 10.0 Å². The summed E-state index contributed by atoms with van der Waals surface area (Å²) in [6.45, 7) is 1.79.